The number of fused-ring (bicyclic) bond motifs is 1. The van der Waals surface area contributed by atoms with Crippen molar-refractivity contribution in [2.24, 2.45) is 5.92 Å². The van der Waals surface area contributed by atoms with E-state index in [0.717, 1.165) is 23.8 Å². The van der Waals surface area contributed by atoms with Crippen LogP contribution in [-0.4, -0.2) is 20.6 Å². The van der Waals surface area contributed by atoms with Gasteiger partial charge in [-0.2, -0.15) is 0 Å². The molecule has 1 heterocycles. The Kier molecular flexibility index (Phi) is 3.95. The van der Waals surface area contributed by atoms with Crippen molar-refractivity contribution in [3.8, 4) is 0 Å². The van der Waals surface area contributed by atoms with Gasteiger partial charge in [0.1, 0.15) is 11.3 Å². The maximum Gasteiger partial charge on any atom is 0.337 e. The predicted molar refractivity (Wildman–Crippen MR) is 82.6 cm³/mol. The van der Waals surface area contributed by atoms with Gasteiger partial charge in [-0.15, -0.1) is 0 Å². The number of aromatic nitrogens is 2. The summed E-state index contributed by atoms with van der Waals surface area (Å²) in [4.78, 5) is 15.8. The lowest BCUT2D eigenvalue weighted by atomic mass is 9.87. The lowest BCUT2D eigenvalue weighted by molar-refractivity contribution is 0.0699. The lowest BCUT2D eigenvalue weighted by Gasteiger charge is -2.22. The van der Waals surface area contributed by atoms with Crippen LogP contribution < -0.4 is 0 Å². The highest BCUT2D eigenvalue weighted by Crippen LogP contribution is 2.28. The molecular weight excluding hydrogens is 264 g/mol. The number of nitrogens with zero attached hydrogens (tertiary/aromatic N) is 2. The molecule has 1 aliphatic rings. The summed E-state index contributed by atoms with van der Waals surface area (Å²) in [7, 11) is 0. The van der Waals surface area contributed by atoms with Gasteiger partial charge < -0.3 is 9.67 Å². The van der Waals surface area contributed by atoms with E-state index >= 15 is 0 Å². The molecule has 0 spiro atoms. The van der Waals surface area contributed by atoms with Crippen molar-refractivity contribution in [2.45, 2.75) is 52.0 Å². The molecule has 0 atom stereocenters. The molecule has 0 unspecified atom stereocenters. The van der Waals surface area contributed by atoms with Crippen molar-refractivity contribution >= 4 is 17.0 Å². The number of carboxylic acid groups (broad SMARTS) is 1. The quantitative estimate of drug-likeness (QED) is 0.923. The maximum absolute atomic E-state index is 11.3. The van der Waals surface area contributed by atoms with Gasteiger partial charge in [-0.05, 0) is 31.4 Å². The number of aromatic carboxylic acids is 1. The molecule has 112 valence electrons. The molecule has 4 heteroatoms. The SMILES string of the molecule is Cc1nc2c(C(=O)O)cccc2n1CCC1CCCCC1. The topological polar surface area (TPSA) is 55.1 Å². The van der Waals surface area contributed by atoms with E-state index in [1.807, 2.05) is 19.1 Å². The average Bonchev–Trinajstić information content (AvgIpc) is 2.81. The Hall–Kier alpha value is -1.84. The summed E-state index contributed by atoms with van der Waals surface area (Å²) in [6.45, 7) is 2.91. The predicted octanol–water partition coefficient (Wildman–Crippen LogP) is 4.01. The van der Waals surface area contributed by atoms with Gasteiger partial charge in [0, 0.05) is 6.54 Å². The fourth-order valence-electron chi connectivity index (χ4n) is 3.51. The second kappa shape index (κ2) is 5.88. The van der Waals surface area contributed by atoms with Crippen LogP contribution in [0.15, 0.2) is 18.2 Å². The van der Waals surface area contributed by atoms with Crippen molar-refractivity contribution in [1.29, 1.82) is 0 Å². The van der Waals surface area contributed by atoms with Crippen LogP contribution >= 0.6 is 0 Å². The fraction of sp³-hybridized carbons (Fsp3) is 0.529. The van der Waals surface area contributed by atoms with Crippen LogP contribution in [0.4, 0.5) is 0 Å². The van der Waals surface area contributed by atoms with Gasteiger partial charge in [0.25, 0.3) is 0 Å². The van der Waals surface area contributed by atoms with Crippen molar-refractivity contribution in [1.82, 2.24) is 9.55 Å². The summed E-state index contributed by atoms with van der Waals surface area (Å²) >= 11 is 0. The Balaban J connectivity index is 1.86. The second-order valence-corrected chi connectivity index (χ2v) is 6.08. The highest BCUT2D eigenvalue weighted by molar-refractivity contribution is 6.01. The Labute approximate surface area is 124 Å². The molecule has 0 bridgehead atoms. The average molecular weight is 286 g/mol. The molecule has 4 nitrogen and oxygen atoms in total. The molecule has 0 aliphatic heterocycles. The zero-order valence-corrected chi connectivity index (χ0v) is 12.5. The Morgan fingerprint density at radius 2 is 2.10 bits per heavy atom. The van der Waals surface area contributed by atoms with Crippen LogP contribution in [0.3, 0.4) is 0 Å². The van der Waals surface area contributed by atoms with Crippen LogP contribution in [-0.2, 0) is 6.54 Å². The first-order valence-electron chi connectivity index (χ1n) is 7.86. The molecule has 21 heavy (non-hydrogen) atoms. The van der Waals surface area contributed by atoms with E-state index in [1.54, 1.807) is 6.07 Å². The van der Waals surface area contributed by atoms with Crippen LogP contribution in [0.1, 0.15) is 54.7 Å². The van der Waals surface area contributed by atoms with Gasteiger partial charge >= 0.3 is 5.97 Å². The van der Waals surface area contributed by atoms with E-state index in [2.05, 4.69) is 9.55 Å². The van der Waals surface area contributed by atoms with Crippen LogP contribution in [0.5, 0.6) is 0 Å². The highest BCUT2D eigenvalue weighted by Gasteiger charge is 2.17. The number of imidazole rings is 1. The van der Waals surface area contributed by atoms with Gasteiger partial charge in [-0.25, -0.2) is 9.78 Å². The van der Waals surface area contributed by atoms with Gasteiger partial charge in [0.05, 0.1) is 11.1 Å². The number of carbonyl (C=O) groups is 1. The lowest BCUT2D eigenvalue weighted by Crippen LogP contribution is -2.11. The van der Waals surface area contributed by atoms with Gasteiger partial charge in [0.15, 0.2) is 0 Å². The Morgan fingerprint density at radius 3 is 2.81 bits per heavy atom. The third kappa shape index (κ3) is 2.80. The monoisotopic (exact) mass is 286 g/mol. The van der Waals surface area contributed by atoms with E-state index < -0.39 is 5.97 Å². The minimum Gasteiger partial charge on any atom is -0.478 e. The molecule has 0 amide bonds. The molecule has 1 aromatic heterocycles. The second-order valence-electron chi connectivity index (χ2n) is 6.08. The van der Waals surface area contributed by atoms with Crippen molar-refractivity contribution in [3.63, 3.8) is 0 Å². The van der Waals surface area contributed by atoms with E-state index in [4.69, 9.17) is 0 Å². The third-order valence-electron chi connectivity index (χ3n) is 4.69. The molecular formula is C17H22N2O2. The van der Waals surface area contributed by atoms with Gasteiger partial charge in [-0.1, -0.05) is 38.2 Å². The van der Waals surface area contributed by atoms with E-state index in [9.17, 15) is 9.90 Å². The third-order valence-corrected chi connectivity index (χ3v) is 4.69. The molecule has 2 aromatic rings. The number of hydrogen-bond donors (Lipinski definition) is 1. The smallest absolute Gasteiger partial charge is 0.337 e. The van der Waals surface area contributed by atoms with E-state index in [1.165, 1.54) is 38.5 Å². The van der Waals surface area contributed by atoms with E-state index in [0.29, 0.717) is 11.1 Å². The first-order chi connectivity index (χ1) is 10.2. The number of hydrogen-bond acceptors (Lipinski definition) is 2. The van der Waals surface area contributed by atoms with Gasteiger partial charge in [-0.3, -0.25) is 0 Å². The summed E-state index contributed by atoms with van der Waals surface area (Å²) in [5, 5.41) is 9.27. The summed E-state index contributed by atoms with van der Waals surface area (Å²) in [6, 6.07) is 5.41. The molecule has 1 aliphatic carbocycles. The standard InChI is InChI=1S/C17H22N2O2/c1-12-18-16-14(17(20)21)8-5-9-15(16)19(12)11-10-13-6-3-2-4-7-13/h5,8-9,13H,2-4,6-7,10-11H2,1H3,(H,20,21). The number of aryl methyl sites for hydroxylation is 2. The largest absolute Gasteiger partial charge is 0.478 e. The minimum atomic E-state index is -0.905. The first-order valence-corrected chi connectivity index (χ1v) is 7.86. The maximum atomic E-state index is 11.3. The molecule has 1 N–H and O–H groups in total. The molecule has 1 aromatic carbocycles. The van der Waals surface area contributed by atoms with Crippen molar-refractivity contribution in [3.05, 3.63) is 29.6 Å². The summed E-state index contributed by atoms with van der Waals surface area (Å²) in [5.74, 6) is 0.824. The van der Waals surface area contributed by atoms with Crippen molar-refractivity contribution < 1.29 is 9.90 Å². The summed E-state index contributed by atoms with van der Waals surface area (Å²) < 4.78 is 2.18. The number of rotatable bonds is 4. The minimum absolute atomic E-state index is 0.298. The van der Waals surface area contributed by atoms with Crippen LogP contribution in [0.25, 0.3) is 11.0 Å². The Bertz CT molecular complexity index is 654. The zero-order valence-electron chi connectivity index (χ0n) is 12.5. The highest BCUT2D eigenvalue weighted by atomic mass is 16.4. The number of carboxylic acids is 1. The van der Waals surface area contributed by atoms with E-state index in [-0.39, 0.29) is 0 Å². The summed E-state index contributed by atoms with van der Waals surface area (Å²) in [5.41, 5.74) is 1.86. The normalized spacial score (nSPS) is 16.4. The molecule has 0 radical (unpaired) electrons. The first kappa shape index (κ1) is 14.1. The zero-order chi connectivity index (χ0) is 14.8. The number of benzene rings is 1. The van der Waals surface area contributed by atoms with Crippen molar-refractivity contribution in [2.75, 3.05) is 0 Å². The molecule has 1 saturated carbocycles. The van der Waals surface area contributed by atoms with Crippen LogP contribution in [0.2, 0.25) is 0 Å². The molecule has 3 rings (SSSR count). The fourth-order valence-corrected chi connectivity index (χ4v) is 3.51. The number of para-hydroxylation sites is 1. The Morgan fingerprint density at radius 1 is 1.33 bits per heavy atom. The van der Waals surface area contributed by atoms with Gasteiger partial charge in [0.2, 0.25) is 0 Å². The molecule has 1 fully saturated rings. The summed E-state index contributed by atoms with van der Waals surface area (Å²) in [6.07, 6.45) is 7.95. The van der Waals surface area contributed by atoms with Crippen LogP contribution in [0, 0.1) is 12.8 Å². The molecule has 0 saturated heterocycles.